The Morgan fingerprint density at radius 3 is 2.30 bits per heavy atom. The number of hydrogen-bond donors (Lipinski definition) is 1. The lowest BCUT2D eigenvalue weighted by Crippen LogP contribution is -2.04. The molecule has 4 rings (SSSR count). The van der Waals surface area contributed by atoms with Crippen LogP contribution in [0.25, 0.3) is 17.5 Å². The van der Waals surface area contributed by atoms with E-state index < -0.39 is 5.97 Å². The quantitative estimate of drug-likeness (QED) is 0.325. The number of carboxylic acids is 1. The fourth-order valence-corrected chi connectivity index (χ4v) is 3.50. The first-order valence-electron chi connectivity index (χ1n) is 10.8. The number of aryl methyl sites for hydroxylation is 1. The second-order valence-corrected chi connectivity index (χ2v) is 7.69. The maximum absolute atomic E-state index is 11.7. The number of ether oxygens (including phenoxy) is 1. The number of aromatic nitrogens is 1. The monoisotopic (exact) mass is 439 g/mol. The van der Waals surface area contributed by atoms with Crippen LogP contribution in [-0.4, -0.2) is 22.7 Å². The van der Waals surface area contributed by atoms with Crippen molar-refractivity contribution in [3.8, 4) is 17.2 Å². The maximum atomic E-state index is 11.7. The highest BCUT2D eigenvalue weighted by Gasteiger charge is 2.12. The topological polar surface area (TPSA) is 72.6 Å². The normalized spacial score (nSPS) is 11.4. The summed E-state index contributed by atoms with van der Waals surface area (Å²) in [4.78, 5) is 16.3. The molecule has 0 amide bonds. The van der Waals surface area contributed by atoms with Crippen molar-refractivity contribution in [3.63, 3.8) is 0 Å². The van der Waals surface area contributed by atoms with E-state index in [1.54, 1.807) is 6.08 Å². The summed E-state index contributed by atoms with van der Waals surface area (Å²) in [5.41, 5.74) is 3.94. The lowest BCUT2D eigenvalue weighted by molar-refractivity contribution is -0.132. The Morgan fingerprint density at radius 1 is 0.970 bits per heavy atom. The Labute approximate surface area is 193 Å². The third kappa shape index (κ3) is 5.98. The number of rotatable bonds is 9. The standard InChI is InChI=1S/C28H25NO4/c1-20-26(29-27(33-20)23-10-6-3-7-11-23)16-17-32-25-14-12-22(13-15-25)19-24(28(30)31)18-21-8-4-2-5-9-21/h2-15,19H,16-18H2,1H3,(H,30,31)/b24-19+. The van der Waals surface area contributed by atoms with Crippen LogP contribution in [0.15, 0.2) is 94.9 Å². The number of carbonyl (C=O) groups is 1. The van der Waals surface area contributed by atoms with Crippen LogP contribution in [0.2, 0.25) is 0 Å². The molecule has 0 aliphatic rings. The van der Waals surface area contributed by atoms with Gasteiger partial charge in [-0.2, -0.15) is 0 Å². The van der Waals surface area contributed by atoms with Crippen LogP contribution in [0.1, 0.15) is 22.6 Å². The van der Waals surface area contributed by atoms with E-state index in [1.807, 2.05) is 91.9 Å². The summed E-state index contributed by atoms with van der Waals surface area (Å²) in [5, 5.41) is 9.57. The van der Waals surface area contributed by atoms with Gasteiger partial charge in [0.15, 0.2) is 0 Å². The van der Waals surface area contributed by atoms with Crippen LogP contribution in [0.5, 0.6) is 5.75 Å². The van der Waals surface area contributed by atoms with E-state index in [2.05, 4.69) is 4.98 Å². The minimum Gasteiger partial charge on any atom is -0.493 e. The van der Waals surface area contributed by atoms with E-state index in [0.29, 0.717) is 30.9 Å². The molecule has 3 aromatic carbocycles. The molecular weight excluding hydrogens is 414 g/mol. The van der Waals surface area contributed by atoms with Crippen molar-refractivity contribution < 1.29 is 19.1 Å². The molecule has 33 heavy (non-hydrogen) atoms. The van der Waals surface area contributed by atoms with Gasteiger partial charge in [0, 0.05) is 24.0 Å². The summed E-state index contributed by atoms with van der Waals surface area (Å²) < 4.78 is 11.7. The molecule has 0 saturated carbocycles. The van der Waals surface area contributed by atoms with Crippen molar-refractivity contribution in [2.45, 2.75) is 19.8 Å². The molecule has 5 heteroatoms. The molecule has 0 atom stereocenters. The highest BCUT2D eigenvalue weighted by Crippen LogP contribution is 2.22. The van der Waals surface area contributed by atoms with E-state index in [4.69, 9.17) is 9.15 Å². The molecule has 166 valence electrons. The molecule has 0 aliphatic heterocycles. The SMILES string of the molecule is Cc1oc(-c2ccccc2)nc1CCOc1ccc(/C=C(\Cc2ccccc2)C(=O)O)cc1. The van der Waals surface area contributed by atoms with Crippen molar-refractivity contribution >= 4 is 12.0 Å². The van der Waals surface area contributed by atoms with Gasteiger partial charge < -0.3 is 14.3 Å². The molecule has 5 nitrogen and oxygen atoms in total. The molecule has 1 aromatic heterocycles. The van der Waals surface area contributed by atoms with Crippen molar-refractivity contribution in [2.24, 2.45) is 0 Å². The molecule has 0 fully saturated rings. The van der Waals surface area contributed by atoms with E-state index in [0.717, 1.165) is 33.9 Å². The first kappa shape index (κ1) is 22.1. The molecular formula is C28H25NO4. The Balaban J connectivity index is 1.35. The summed E-state index contributed by atoms with van der Waals surface area (Å²) in [7, 11) is 0. The lowest BCUT2D eigenvalue weighted by atomic mass is 10.0. The van der Waals surface area contributed by atoms with Gasteiger partial charge in [-0.15, -0.1) is 0 Å². The second-order valence-electron chi connectivity index (χ2n) is 7.69. The summed E-state index contributed by atoms with van der Waals surface area (Å²) in [5.74, 6) is 1.20. The van der Waals surface area contributed by atoms with Gasteiger partial charge in [0.2, 0.25) is 5.89 Å². The third-order valence-corrected chi connectivity index (χ3v) is 5.25. The zero-order valence-corrected chi connectivity index (χ0v) is 18.4. The Morgan fingerprint density at radius 2 is 1.64 bits per heavy atom. The third-order valence-electron chi connectivity index (χ3n) is 5.25. The van der Waals surface area contributed by atoms with Crippen molar-refractivity contribution in [2.75, 3.05) is 6.61 Å². The van der Waals surface area contributed by atoms with E-state index in [-0.39, 0.29) is 0 Å². The largest absolute Gasteiger partial charge is 0.493 e. The molecule has 1 heterocycles. The van der Waals surface area contributed by atoms with Crippen LogP contribution in [-0.2, 0) is 17.6 Å². The van der Waals surface area contributed by atoms with Crippen molar-refractivity contribution in [3.05, 3.63) is 113 Å². The lowest BCUT2D eigenvalue weighted by Gasteiger charge is -2.07. The highest BCUT2D eigenvalue weighted by atomic mass is 16.5. The second kappa shape index (κ2) is 10.5. The predicted octanol–water partition coefficient (Wildman–Crippen LogP) is 5.98. The van der Waals surface area contributed by atoms with Crippen LogP contribution >= 0.6 is 0 Å². The molecule has 1 N–H and O–H groups in total. The van der Waals surface area contributed by atoms with Crippen LogP contribution in [0.3, 0.4) is 0 Å². The number of benzene rings is 3. The molecule has 0 aliphatic carbocycles. The number of carboxylic acid groups (broad SMARTS) is 1. The van der Waals surface area contributed by atoms with Crippen LogP contribution in [0, 0.1) is 6.92 Å². The molecule has 0 spiro atoms. The van der Waals surface area contributed by atoms with Gasteiger partial charge in [-0.25, -0.2) is 9.78 Å². The summed E-state index contributed by atoms with van der Waals surface area (Å²) in [6.07, 6.45) is 2.70. The summed E-state index contributed by atoms with van der Waals surface area (Å²) >= 11 is 0. The molecule has 0 unspecified atom stereocenters. The van der Waals surface area contributed by atoms with Crippen molar-refractivity contribution in [1.82, 2.24) is 4.98 Å². The van der Waals surface area contributed by atoms with Gasteiger partial charge in [0.25, 0.3) is 0 Å². The fourth-order valence-electron chi connectivity index (χ4n) is 3.50. The summed E-state index contributed by atoms with van der Waals surface area (Å²) in [6.45, 7) is 2.37. The minimum absolute atomic E-state index is 0.339. The van der Waals surface area contributed by atoms with Crippen LogP contribution in [0.4, 0.5) is 0 Å². The average molecular weight is 440 g/mol. The molecule has 0 saturated heterocycles. The number of nitrogens with zero attached hydrogens (tertiary/aromatic N) is 1. The number of aliphatic carboxylic acids is 1. The van der Waals surface area contributed by atoms with Gasteiger partial charge in [-0.3, -0.25) is 0 Å². The Kier molecular flexibility index (Phi) is 7.00. The minimum atomic E-state index is -0.919. The van der Waals surface area contributed by atoms with Gasteiger partial charge >= 0.3 is 5.97 Å². The Bertz CT molecular complexity index is 1230. The van der Waals surface area contributed by atoms with E-state index in [1.165, 1.54) is 0 Å². The van der Waals surface area contributed by atoms with Gasteiger partial charge in [-0.1, -0.05) is 60.7 Å². The molecule has 0 bridgehead atoms. The Hall–Kier alpha value is -4.12. The number of oxazole rings is 1. The van der Waals surface area contributed by atoms with E-state index in [9.17, 15) is 9.90 Å². The summed E-state index contributed by atoms with van der Waals surface area (Å²) in [6, 6.07) is 26.8. The first-order valence-corrected chi connectivity index (χ1v) is 10.8. The smallest absolute Gasteiger partial charge is 0.331 e. The molecule has 4 aromatic rings. The maximum Gasteiger partial charge on any atom is 0.331 e. The molecule has 0 radical (unpaired) electrons. The van der Waals surface area contributed by atoms with Gasteiger partial charge in [0.1, 0.15) is 11.5 Å². The average Bonchev–Trinajstić information content (AvgIpc) is 3.21. The zero-order valence-electron chi connectivity index (χ0n) is 18.4. The van der Waals surface area contributed by atoms with Crippen LogP contribution < -0.4 is 4.74 Å². The van der Waals surface area contributed by atoms with Gasteiger partial charge in [0.05, 0.1) is 12.3 Å². The highest BCUT2D eigenvalue weighted by molar-refractivity contribution is 5.92. The number of hydrogen-bond acceptors (Lipinski definition) is 4. The zero-order chi connectivity index (χ0) is 23.0. The predicted molar refractivity (Wildman–Crippen MR) is 128 cm³/mol. The first-order chi connectivity index (χ1) is 16.1. The van der Waals surface area contributed by atoms with Crippen molar-refractivity contribution in [1.29, 1.82) is 0 Å². The fraction of sp³-hybridized carbons (Fsp3) is 0.143. The van der Waals surface area contributed by atoms with E-state index >= 15 is 0 Å². The van der Waals surface area contributed by atoms with Gasteiger partial charge in [-0.05, 0) is 48.4 Å².